The maximum Gasteiger partial charge on any atom is 0.318 e. The highest BCUT2D eigenvalue weighted by Crippen LogP contribution is 2.24. The van der Waals surface area contributed by atoms with Gasteiger partial charge in [0.05, 0.1) is 0 Å². The van der Waals surface area contributed by atoms with Crippen molar-refractivity contribution in [1.82, 2.24) is 0 Å². The number of halogens is 1. The van der Waals surface area contributed by atoms with E-state index in [-0.39, 0.29) is 17.2 Å². The first-order valence-electron chi connectivity index (χ1n) is 4.35. The van der Waals surface area contributed by atoms with Gasteiger partial charge in [0, 0.05) is 5.02 Å². The predicted octanol–water partition coefficient (Wildman–Crippen LogP) is 1.37. The molecule has 0 heterocycles. The van der Waals surface area contributed by atoms with Crippen LogP contribution in [0.4, 0.5) is 0 Å². The van der Waals surface area contributed by atoms with Crippen LogP contribution in [0.25, 0.3) is 0 Å². The minimum absolute atomic E-state index is 0.0593. The maximum absolute atomic E-state index is 10.7. The van der Waals surface area contributed by atoms with Crippen LogP contribution in [0, 0.1) is 5.92 Å². The smallest absolute Gasteiger partial charge is 0.318 e. The number of phenolic OH excluding ortho intramolecular Hbond substituents is 1. The topological polar surface area (TPSA) is 94.8 Å². The third kappa shape index (κ3) is 2.87. The molecule has 86 valence electrons. The maximum atomic E-state index is 10.7. The first-order valence-corrected chi connectivity index (χ1v) is 4.72. The van der Waals surface area contributed by atoms with E-state index in [2.05, 4.69) is 0 Å². The van der Waals surface area contributed by atoms with Gasteiger partial charge in [0.1, 0.15) is 5.75 Å². The van der Waals surface area contributed by atoms with E-state index in [9.17, 15) is 9.59 Å². The van der Waals surface area contributed by atoms with Gasteiger partial charge in [-0.25, -0.2) is 0 Å². The zero-order valence-corrected chi connectivity index (χ0v) is 8.81. The number of benzene rings is 1. The molecule has 5 nitrogen and oxygen atoms in total. The van der Waals surface area contributed by atoms with Crippen LogP contribution in [-0.2, 0) is 16.0 Å². The van der Waals surface area contributed by atoms with Crippen molar-refractivity contribution in [3.63, 3.8) is 0 Å². The Morgan fingerprint density at radius 2 is 1.81 bits per heavy atom. The lowest BCUT2D eigenvalue weighted by molar-refractivity contribution is -0.154. The van der Waals surface area contributed by atoms with Crippen LogP contribution >= 0.6 is 11.6 Å². The average molecular weight is 245 g/mol. The van der Waals surface area contributed by atoms with Gasteiger partial charge >= 0.3 is 11.9 Å². The molecule has 1 aromatic rings. The van der Waals surface area contributed by atoms with E-state index in [1.807, 2.05) is 0 Å². The molecule has 1 rings (SSSR count). The fraction of sp³-hybridized carbons (Fsp3) is 0.200. The van der Waals surface area contributed by atoms with Gasteiger partial charge < -0.3 is 15.3 Å². The Morgan fingerprint density at radius 1 is 1.25 bits per heavy atom. The molecule has 3 N–H and O–H groups in total. The number of hydrogen-bond donors (Lipinski definition) is 3. The number of carboxylic acid groups (broad SMARTS) is 2. The Labute approximate surface area is 95.9 Å². The van der Waals surface area contributed by atoms with Crippen LogP contribution in [0.2, 0.25) is 5.02 Å². The van der Waals surface area contributed by atoms with Gasteiger partial charge in [-0.15, -0.1) is 0 Å². The molecule has 16 heavy (non-hydrogen) atoms. The van der Waals surface area contributed by atoms with Crippen LogP contribution in [0.5, 0.6) is 5.75 Å². The summed E-state index contributed by atoms with van der Waals surface area (Å²) in [5, 5.41) is 26.6. The normalized spacial score (nSPS) is 10.4. The molecule has 0 aliphatic heterocycles. The van der Waals surface area contributed by atoms with Crippen LogP contribution in [0.15, 0.2) is 18.2 Å². The monoisotopic (exact) mass is 244 g/mol. The lowest BCUT2D eigenvalue weighted by Gasteiger charge is -2.09. The van der Waals surface area contributed by atoms with Crippen molar-refractivity contribution in [1.29, 1.82) is 0 Å². The van der Waals surface area contributed by atoms with E-state index in [4.69, 9.17) is 26.9 Å². The van der Waals surface area contributed by atoms with Crippen LogP contribution < -0.4 is 0 Å². The summed E-state index contributed by atoms with van der Waals surface area (Å²) in [5.74, 6) is -4.44. The number of phenols is 1. The van der Waals surface area contributed by atoms with Gasteiger partial charge in [-0.1, -0.05) is 17.7 Å². The second-order valence-electron chi connectivity index (χ2n) is 3.21. The summed E-state index contributed by atoms with van der Waals surface area (Å²) in [7, 11) is 0. The van der Waals surface area contributed by atoms with Gasteiger partial charge in [0.15, 0.2) is 5.92 Å². The van der Waals surface area contributed by atoms with E-state index < -0.39 is 17.9 Å². The fourth-order valence-corrected chi connectivity index (χ4v) is 1.45. The Balaban J connectivity index is 2.94. The summed E-state index contributed by atoms with van der Waals surface area (Å²) in [6.07, 6.45) is -0.218. The summed E-state index contributed by atoms with van der Waals surface area (Å²) in [5.41, 5.74) is 0.370. The van der Waals surface area contributed by atoms with E-state index in [1.54, 1.807) is 0 Å². The largest absolute Gasteiger partial charge is 0.508 e. The standard InChI is InChI=1S/C10H9ClO5/c11-8-4-6(12)2-1-5(8)3-7(9(13)14)10(15)16/h1-2,4,7,12H,3H2,(H,13,14)(H,15,16). The summed E-state index contributed by atoms with van der Waals surface area (Å²) >= 11 is 5.74. The molecule has 0 bridgehead atoms. The van der Waals surface area contributed by atoms with Crippen molar-refractivity contribution in [2.45, 2.75) is 6.42 Å². The Hall–Kier alpha value is -1.75. The molecule has 0 atom stereocenters. The molecule has 0 aromatic heterocycles. The molecule has 0 spiro atoms. The molecule has 0 saturated heterocycles. The Morgan fingerprint density at radius 3 is 2.25 bits per heavy atom. The second-order valence-corrected chi connectivity index (χ2v) is 3.62. The third-order valence-electron chi connectivity index (χ3n) is 2.06. The Bertz CT molecular complexity index is 415. The van der Waals surface area contributed by atoms with E-state index in [1.165, 1.54) is 18.2 Å². The molecule has 0 aliphatic rings. The lowest BCUT2D eigenvalue weighted by atomic mass is 9.99. The lowest BCUT2D eigenvalue weighted by Crippen LogP contribution is -2.25. The zero-order chi connectivity index (χ0) is 12.3. The molecular formula is C10H9ClO5. The molecule has 0 saturated carbocycles. The van der Waals surface area contributed by atoms with Crippen LogP contribution in [0.3, 0.4) is 0 Å². The number of carbonyl (C=O) groups is 2. The summed E-state index contributed by atoms with van der Waals surface area (Å²) in [4.78, 5) is 21.3. The molecule has 0 unspecified atom stereocenters. The highest BCUT2D eigenvalue weighted by Gasteiger charge is 2.26. The SMILES string of the molecule is O=C(O)C(Cc1ccc(O)cc1Cl)C(=O)O. The summed E-state index contributed by atoms with van der Waals surface area (Å²) in [6, 6.07) is 3.95. The van der Waals surface area contributed by atoms with E-state index >= 15 is 0 Å². The van der Waals surface area contributed by atoms with E-state index in [0.717, 1.165) is 0 Å². The minimum atomic E-state index is -1.54. The Kier molecular flexibility index (Phi) is 3.73. The van der Waals surface area contributed by atoms with Gasteiger partial charge in [0.2, 0.25) is 0 Å². The minimum Gasteiger partial charge on any atom is -0.508 e. The van der Waals surface area contributed by atoms with Crippen molar-refractivity contribution < 1.29 is 24.9 Å². The molecule has 0 fully saturated rings. The van der Waals surface area contributed by atoms with Gasteiger partial charge in [-0.3, -0.25) is 9.59 Å². The zero-order valence-electron chi connectivity index (χ0n) is 8.05. The van der Waals surface area contributed by atoms with Gasteiger partial charge in [-0.2, -0.15) is 0 Å². The van der Waals surface area contributed by atoms with Crippen molar-refractivity contribution in [2.75, 3.05) is 0 Å². The first kappa shape index (κ1) is 12.3. The van der Waals surface area contributed by atoms with Crippen LogP contribution in [-0.4, -0.2) is 27.3 Å². The number of aromatic hydroxyl groups is 1. The van der Waals surface area contributed by atoms with Crippen molar-refractivity contribution in [3.8, 4) is 5.75 Å². The molecule has 0 amide bonds. The highest BCUT2D eigenvalue weighted by atomic mass is 35.5. The molecule has 6 heteroatoms. The van der Waals surface area contributed by atoms with Crippen molar-refractivity contribution in [2.24, 2.45) is 5.92 Å². The number of carboxylic acids is 2. The predicted molar refractivity (Wildman–Crippen MR) is 55.6 cm³/mol. The average Bonchev–Trinajstić information content (AvgIpc) is 2.15. The summed E-state index contributed by atoms with van der Waals surface area (Å²) < 4.78 is 0. The van der Waals surface area contributed by atoms with Gasteiger partial charge in [0.25, 0.3) is 0 Å². The number of rotatable bonds is 4. The van der Waals surface area contributed by atoms with Gasteiger partial charge in [-0.05, 0) is 24.1 Å². The molecular weight excluding hydrogens is 236 g/mol. The van der Waals surface area contributed by atoms with Crippen LogP contribution in [0.1, 0.15) is 5.56 Å². The van der Waals surface area contributed by atoms with Crippen molar-refractivity contribution >= 4 is 23.5 Å². The van der Waals surface area contributed by atoms with E-state index in [0.29, 0.717) is 5.56 Å². The molecule has 0 radical (unpaired) electrons. The molecule has 1 aromatic carbocycles. The van der Waals surface area contributed by atoms with Crippen molar-refractivity contribution in [3.05, 3.63) is 28.8 Å². The third-order valence-corrected chi connectivity index (χ3v) is 2.41. The fourth-order valence-electron chi connectivity index (χ4n) is 1.20. The highest BCUT2D eigenvalue weighted by molar-refractivity contribution is 6.31. The summed E-state index contributed by atoms with van der Waals surface area (Å²) in [6.45, 7) is 0. The number of hydrogen-bond acceptors (Lipinski definition) is 3. The number of aliphatic carboxylic acids is 2. The first-order chi connectivity index (χ1) is 7.41. The molecule has 0 aliphatic carbocycles. The quantitative estimate of drug-likeness (QED) is 0.696. The second kappa shape index (κ2) is 4.85.